The van der Waals surface area contributed by atoms with Crippen molar-refractivity contribution in [3.05, 3.63) is 27.7 Å². The number of nitrogens with one attached hydrogen (secondary N) is 1. The third kappa shape index (κ3) is 4.83. The van der Waals surface area contributed by atoms with Gasteiger partial charge < -0.3 is 5.32 Å². The monoisotopic (exact) mass is 352 g/mol. The first-order valence-corrected chi connectivity index (χ1v) is 9.13. The van der Waals surface area contributed by atoms with Crippen molar-refractivity contribution in [3.63, 3.8) is 0 Å². The van der Waals surface area contributed by atoms with Gasteiger partial charge in [-0.15, -0.1) is 0 Å². The lowest BCUT2D eigenvalue weighted by atomic mass is 10.2. The van der Waals surface area contributed by atoms with Crippen LogP contribution in [0.4, 0.5) is 0 Å². The van der Waals surface area contributed by atoms with E-state index in [9.17, 15) is 8.42 Å². The Kier molecular flexibility index (Phi) is 7.44. The van der Waals surface area contributed by atoms with Crippen molar-refractivity contribution in [2.75, 3.05) is 20.6 Å². The topological polar surface area (TPSA) is 49.4 Å². The molecule has 0 saturated heterocycles. The van der Waals surface area contributed by atoms with Gasteiger partial charge in [0.2, 0.25) is 10.0 Å². The van der Waals surface area contributed by atoms with E-state index in [4.69, 9.17) is 23.2 Å². The predicted molar refractivity (Wildman–Crippen MR) is 88.6 cm³/mol. The lowest BCUT2D eigenvalue weighted by Crippen LogP contribution is -2.28. The smallest absolute Gasteiger partial charge is 0.244 e. The summed E-state index contributed by atoms with van der Waals surface area (Å²) in [6.07, 6.45) is 2.88. The van der Waals surface area contributed by atoms with Crippen LogP contribution in [0.5, 0.6) is 0 Å². The van der Waals surface area contributed by atoms with Gasteiger partial charge in [-0.3, -0.25) is 0 Å². The standard InChI is InChI=1S/C14H22Cl2N2O2S/c1-4-5-6-7-18(3)21(19,20)14-8-11(10-17-2)12(15)9-13(14)16/h8-9,17H,4-7,10H2,1-3H3. The molecule has 1 N–H and O–H groups in total. The van der Waals surface area contributed by atoms with E-state index in [1.165, 1.54) is 10.4 Å². The molecule has 4 nitrogen and oxygen atoms in total. The zero-order chi connectivity index (χ0) is 16.0. The van der Waals surface area contributed by atoms with E-state index in [0.29, 0.717) is 23.7 Å². The van der Waals surface area contributed by atoms with Gasteiger partial charge in [0.15, 0.2) is 0 Å². The quantitative estimate of drug-likeness (QED) is 0.728. The van der Waals surface area contributed by atoms with Crippen molar-refractivity contribution < 1.29 is 8.42 Å². The van der Waals surface area contributed by atoms with E-state index < -0.39 is 10.0 Å². The van der Waals surface area contributed by atoms with Crippen LogP contribution < -0.4 is 5.32 Å². The Balaban J connectivity index is 3.09. The summed E-state index contributed by atoms with van der Waals surface area (Å²) in [6.45, 7) is 3.04. The lowest BCUT2D eigenvalue weighted by molar-refractivity contribution is 0.454. The Morgan fingerprint density at radius 3 is 2.43 bits per heavy atom. The molecule has 0 radical (unpaired) electrons. The summed E-state index contributed by atoms with van der Waals surface area (Å²) >= 11 is 12.2. The van der Waals surface area contributed by atoms with Crippen LogP contribution in [0.25, 0.3) is 0 Å². The minimum absolute atomic E-state index is 0.109. The minimum Gasteiger partial charge on any atom is -0.316 e. The summed E-state index contributed by atoms with van der Waals surface area (Å²) in [7, 11) is -0.242. The Labute approximate surface area is 137 Å². The maximum atomic E-state index is 12.6. The summed E-state index contributed by atoms with van der Waals surface area (Å²) in [5, 5.41) is 3.57. The van der Waals surface area contributed by atoms with Crippen LogP contribution in [-0.2, 0) is 16.6 Å². The normalized spacial score (nSPS) is 12.1. The van der Waals surface area contributed by atoms with Crippen LogP contribution >= 0.6 is 23.2 Å². The number of halogens is 2. The van der Waals surface area contributed by atoms with Crippen molar-refractivity contribution in [2.45, 2.75) is 37.6 Å². The third-order valence-electron chi connectivity index (χ3n) is 3.23. The molecular weight excluding hydrogens is 331 g/mol. The minimum atomic E-state index is -3.59. The average Bonchev–Trinajstić information content (AvgIpc) is 2.41. The number of nitrogens with zero attached hydrogens (tertiary/aromatic N) is 1. The fourth-order valence-electron chi connectivity index (χ4n) is 1.97. The van der Waals surface area contributed by atoms with Gasteiger partial charge >= 0.3 is 0 Å². The third-order valence-corrected chi connectivity index (χ3v) is 5.91. The number of rotatable bonds is 8. The molecule has 0 spiro atoms. The Bertz CT molecular complexity index is 577. The highest BCUT2D eigenvalue weighted by Gasteiger charge is 2.24. The van der Waals surface area contributed by atoms with E-state index in [1.807, 2.05) is 0 Å². The molecule has 1 aromatic rings. The summed E-state index contributed by atoms with van der Waals surface area (Å²) in [5.74, 6) is 0. The molecule has 120 valence electrons. The fraction of sp³-hybridized carbons (Fsp3) is 0.571. The maximum Gasteiger partial charge on any atom is 0.244 e. The van der Waals surface area contributed by atoms with Crippen LogP contribution in [0, 0.1) is 0 Å². The molecule has 0 fully saturated rings. The zero-order valence-corrected chi connectivity index (χ0v) is 14.9. The molecule has 0 aliphatic carbocycles. The molecule has 1 rings (SSSR count). The molecule has 0 atom stereocenters. The van der Waals surface area contributed by atoms with Crippen molar-refractivity contribution >= 4 is 33.2 Å². The molecule has 7 heteroatoms. The molecule has 0 saturated carbocycles. The molecule has 0 bridgehead atoms. The van der Waals surface area contributed by atoms with E-state index >= 15 is 0 Å². The molecule has 0 aliphatic heterocycles. The highest BCUT2D eigenvalue weighted by Crippen LogP contribution is 2.30. The number of unbranched alkanes of at least 4 members (excludes halogenated alkanes) is 2. The van der Waals surface area contributed by atoms with Crippen LogP contribution in [-0.4, -0.2) is 33.4 Å². The van der Waals surface area contributed by atoms with E-state index in [2.05, 4.69) is 12.2 Å². The van der Waals surface area contributed by atoms with Gasteiger partial charge in [0.25, 0.3) is 0 Å². The molecule has 0 unspecified atom stereocenters. The van der Waals surface area contributed by atoms with Crippen molar-refractivity contribution in [3.8, 4) is 0 Å². The van der Waals surface area contributed by atoms with Crippen molar-refractivity contribution in [2.24, 2.45) is 0 Å². The lowest BCUT2D eigenvalue weighted by Gasteiger charge is -2.19. The second kappa shape index (κ2) is 8.34. The number of hydrogen-bond acceptors (Lipinski definition) is 3. The van der Waals surface area contributed by atoms with Gasteiger partial charge in [0, 0.05) is 25.2 Å². The highest BCUT2D eigenvalue weighted by atomic mass is 35.5. The van der Waals surface area contributed by atoms with Crippen LogP contribution in [0.15, 0.2) is 17.0 Å². The summed E-state index contributed by atoms with van der Waals surface area (Å²) < 4.78 is 26.5. The Morgan fingerprint density at radius 2 is 1.86 bits per heavy atom. The van der Waals surface area contributed by atoms with Crippen molar-refractivity contribution in [1.29, 1.82) is 0 Å². The summed E-state index contributed by atoms with van der Waals surface area (Å²) in [4.78, 5) is 0.109. The first-order chi connectivity index (χ1) is 9.84. The first-order valence-electron chi connectivity index (χ1n) is 6.93. The summed E-state index contributed by atoms with van der Waals surface area (Å²) in [6, 6.07) is 3.04. The molecule has 0 aromatic heterocycles. The van der Waals surface area contributed by atoms with Gasteiger partial charge in [-0.05, 0) is 31.2 Å². The second-order valence-electron chi connectivity index (χ2n) is 4.94. The SMILES string of the molecule is CCCCCN(C)S(=O)(=O)c1cc(CNC)c(Cl)cc1Cl. The molecule has 0 amide bonds. The molecular formula is C14H22Cl2N2O2S. The van der Waals surface area contributed by atoms with Gasteiger partial charge in [0.05, 0.1) is 5.02 Å². The Morgan fingerprint density at radius 1 is 1.19 bits per heavy atom. The van der Waals surface area contributed by atoms with Crippen LogP contribution in [0.1, 0.15) is 31.7 Å². The molecule has 0 aliphatic rings. The Hall–Kier alpha value is -0.330. The molecule has 0 heterocycles. The van der Waals surface area contributed by atoms with Crippen LogP contribution in [0.2, 0.25) is 10.0 Å². The van der Waals surface area contributed by atoms with Gasteiger partial charge in [-0.1, -0.05) is 43.0 Å². The second-order valence-corrected chi connectivity index (χ2v) is 7.77. The highest BCUT2D eigenvalue weighted by molar-refractivity contribution is 7.89. The fourth-order valence-corrected chi connectivity index (χ4v) is 4.01. The van der Waals surface area contributed by atoms with Crippen molar-refractivity contribution in [1.82, 2.24) is 9.62 Å². The number of benzene rings is 1. The summed E-state index contributed by atoms with van der Waals surface area (Å²) in [5.41, 5.74) is 0.712. The predicted octanol–water partition coefficient (Wildman–Crippen LogP) is 3.52. The largest absolute Gasteiger partial charge is 0.316 e. The first kappa shape index (κ1) is 18.7. The van der Waals surface area contributed by atoms with Gasteiger partial charge in [-0.25, -0.2) is 12.7 Å². The number of sulfonamides is 1. The van der Waals surface area contributed by atoms with Gasteiger partial charge in [0.1, 0.15) is 4.90 Å². The average molecular weight is 353 g/mol. The maximum absolute atomic E-state index is 12.6. The van der Waals surface area contributed by atoms with Crippen LogP contribution in [0.3, 0.4) is 0 Å². The van der Waals surface area contributed by atoms with E-state index in [1.54, 1.807) is 20.2 Å². The molecule has 1 aromatic carbocycles. The number of hydrogen-bond donors (Lipinski definition) is 1. The van der Waals surface area contributed by atoms with Gasteiger partial charge in [-0.2, -0.15) is 0 Å². The zero-order valence-electron chi connectivity index (χ0n) is 12.6. The van der Waals surface area contributed by atoms with E-state index in [0.717, 1.165) is 19.3 Å². The van der Waals surface area contributed by atoms with E-state index in [-0.39, 0.29) is 9.92 Å². The molecule has 21 heavy (non-hydrogen) atoms.